The summed E-state index contributed by atoms with van der Waals surface area (Å²) in [6.45, 7) is 3.29. The van der Waals surface area contributed by atoms with E-state index in [4.69, 9.17) is 9.47 Å². The maximum atomic E-state index is 12.8. The van der Waals surface area contributed by atoms with Crippen molar-refractivity contribution < 1.29 is 14.3 Å². The van der Waals surface area contributed by atoms with Crippen LogP contribution in [-0.2, 0) is 16.0 Å². The van der Waals surface area contributed by atoms with E-state index in [1.54, 1.807) is 16.7 Å². The van der Waals surface area contributed by atoms with E-state index in [0.29, 0.717) is 41.9 Å². The lowest BCUT2D eigenvalue weighted by Crippen LogP contribution is -2.29. The molecule has 1 fully saturated rings. The summed E-state index contributed by atoms with van der Waals surface area (Å²) in [6.07, 6.45) is -0.449. The second-order valence-electron chi connectivity index (χ2n) is 6.52. The number of nitrogens with zero attached hydrogens (tertiary/aromatic N) is 1. The van der Waals surface area contributed by atoms with Gasteiger partial charge in [-0.3, -0.25) is 9.59 Å². The number of nitrogens with one attached hydrogen (secondary N) is 1. The molecule has 1 saturated heterocycles. The van der Waals surface area contributed by atoms with Crippen molar-refractivity contribution in [2.24, 2.45) is 0 Å². The maximum absolute atomic E-state index is 12.8. The summed E-state index contributed by atoms with van der Waals surface area (Å²) in [5.74, 6) is -0.312. The molecule has 0 unspecified atom stereocenters. The van der Waals surface area contributed by atoms with Crippen molar-refractivity contribution in [3.63, 3.8) is 0 Å². The topological polar surface area (TPSA) is 69.6 Å². The molecule has 1 N–H and O–H groups in total. The highest BCUT2D eigenvalue weighted by Crippen LogP contribution is 2.21. The third-order valence-electron chi connectivity index (χ3n) is 4.57. The molecule has 6 nitrogen and oxygen atoms in total. The van der Waals surface area contributed by atoms with Crippen molar-refractivity contribution in [1.82, 2.24) is 4.57 Å². The van der Waals surface area contributed by atoms with Crippen molar-refractivity contribution in [2.45, 2.75) is 19.8 Å². The van der Waals surface area contributed by atoms with Crippen molar-refractivity contribution in [2.75, 3.05) is 18.5 Å². The van der Waals surface area contributed by atoms with Gasteiger partial charge in [-0.15, -0.1) is 0 Å². The summed E-state index contributed by atoms with van der Waals surface area (Å²) in [5.41, 5.74) is 2.47. The SMILES string of the molecule is Cc1ccc2c(C(=O)Nc3ccccc3)cc(=O)n(CC3OCCO3)c2c1. The van der Waals surface area contributed by atoms with Crippen LogP contribution in [0.5, 0.6) is 0 Å². The highest BCUT2D eigenvalue weighted by atomic mass is 16.7. The smallest absolute Gasteiger partial charge is 0.256 e. The maximum Gasteiger partial charge on any atom is 0.256 e. The van der Waals surface area contributed by atoms with Crippen molar-refractivity contribution in [3.8, 4) is 0 Å². The number of aromatic nitrogens is 1. The van der Waals surface area contributed by atoms with Crippen molar-refractivity contribution in [3.05, 3.63) is 76.1 Å². The van der Waals surface area contributed by atoms with Gasteiger partial charge in [0.2, 0.25) is 0 Å². The minimum absolute atomic E-state index is 0.259. The van der Waals surface area contributed by atoms with E-state index in [9.17, 15) is 9.59 Å². The molecule has 27 heavy (non-hydrogen) atoms. The van der Waals surface area contributed by atoms with Crippen LogP contribution in [0.4, 0.5) is 5.69 Å². The number of carbonyl (C=O) groups excluding carboxylic acids is 1. The molecule has 6 heteroatoms. The highest BCUT2D eigenvalue weighted by Gasteiger charge is 2.20. The number of hydrogen-bond acceptors (Lipinski definition) is 4. The Balaban J connectivity index is 1.78. The van der Waals surface area contributed by atoms with Gasteiger partial charge < -0.3 is 19.4 Å². The summed E-state index contributed by atoms with van der Waals surface area (Å²) in [6, 6.07) is 16.3. The molecule has 2 aromatic carbocycles. The highest BCUT2D eigenvalue weighted by molar-refractivity contribution is 6.12. The standard InChI is InChI=1S/C21H20N2O4/c1-14-7-8-16-17(21(25)22-15-5-3-2-4-6-15)12-19(24)23(18(16)11-14)13-20-26-9-10-27-20/h2-8,11-12,20H,9-10,13H2,1H3,(H,22,25). The number of benzene rings is 2. The van der Waals surface area contributed by atoms with Gasteiger partial charge in [-0.1, -0.05) is 30.3 Å². The molecule has 138 valence electrons. The first-order chi connectivity index (χ1) is 13.1. The first-order valence-corrected chi connectivity index (χ1v) is 8.85. The zero-order valence-corrected chi connectivity index (χ0v) is 15.0. The van der Waals surface area contributed by atoms with E-state index in [0.717, 1.165) is 5.56 Å². The van der Waals surface area contributed by atoms with Crippen molar-refractivity contribution >= 4 is 22.5 Å². The number of hydrogen-bond donors (Lipinski definition) is 1. The zero-order chi connectivity index (χ0) is 18.8. The van der Waals surface area contributed by atoms with Crippen LogP contribution in [0, 0.1) is 6.92 Å². The van der Waals surface area contributed by atoms with Crippen LogP contribution in [-0.4, -0.2) is 30.0 Å². The second-order valence-corrected chi connectivity index (χ2v) is 6.52. The van der Waals surface area contributed by atoms with Crippen LogP contribution in [0.15, 0.2) is 59.4 Å². The first kappa shape index (κ1) is 17.5. The average molecular weight is 364 g/mol. The van der Waals surface area contributed by atoms with Crippen LogP contribution in [0.3, 0.4) is 0 Å². The van der Waals surface area contributed by atoms with Crippen LogP contribution < -0.4 is 10.9 Å². The van der Waals surface area contributed by atoms with Gasteiger partial charge in [0, 0.05) is 17.1 Å². The molecule has 3 aromatic rings. The van der Waals surface area contributed by atoms with E-state index in [2.05, 4.69) is 5.32 Å². The van der Waals surface area contributed by atoms with Gasteiger partial charge >= 0.3 is 0 Å². The number of pyridine rings is 1. The van der Waals surface area contributed by atoms with E-state index >= 15 is 0 Å². The van der Waals surface area contributed by atoms with Gasteiger partial charge in [0.1, 0.15) is 0 Å². The van der Waals surface area contributed by atoms with Crippen molar-refractivity contribution in [1.29, 1.82) is 0 Å². The molecule has 0 aliphatic carbocycles. The number of anilines is 1. The predicted octanol–water partition coefficient (Wildman–Crippen LogP) is 2.94. The first-order valence-electron chi connectivity index (χ1n) is 8.85. The van der Waals surface area contributed by atoms with Crippen LogP contribution in [0.2, 0.25) is 0 Å². The molecule has 0 saturated carbocycles. The third kappa shape index (κ3) is 3.63. The number of rotatable bonds is 4. The number of aryl methyl sites for hydroxylation is 1. The number of para-hydroxylation sites is 1. The molecule has 1 aromatic heterocycles. The summed E-state index contributed by atoms with van der Waals surface area (Å²) in [4.78, 5) is 25.6. The number of ether oxygens (including phenoxy) is 2. The van der Waals surface area contributed by atoms with Gasteiger partial charge in [-0.25, -0.2) is 0 Å². The average Bonchev–Trinajstić information content (AvgIpc) is 3.18. The monoisotopic (exact) mass is 364 g/mol. The van der Waals surface area contributed by atoms with E-state index in [1.165, 1.54) is 6.07 Å². The lowest BCUT2D eigenvalue weighted by molar-refractivity contribution is -0.0522. The zero-order valence-electron chi connectivity index (χ0n) is 15.0. The lowest BCUT2D eigenvalue weighted by atomic mass is 10.1. The van der Waals surface area contributed by atoms with Gasteiger partial charge in [0.15, 0.2) is 6.29 Å². The minimum Gasteiger partial charge on any atom is -0.348 e. The fraction of sp³-hybridized carbons (Fsp3) is 0.238. The van der Waals surface area contributed by atoms with Gasteiger partial charge in [-0.05, 0) is 30.7 Å². The fourth-order valence-electron chi connectivity index (χ4n) is 3.25. The Hall–Kier alpha value is -2.96. The Morgan fingerprint density at radius 2 is 1.85 bits per heavy atom. The lowest BCUT2D eigenvalue weighted by Gasteiger charge is -2.16. The quantitative estimate of drug-likeness (QED) is 0.773. The van der Waals surface area contributed by atoms with Crippen LogP contribution >= 0.6 is 0 Å². The molecular formula is C21H20N2O4. The Morgan fingerprint density at radius 1 is 1.11 bits per heavy atom. The predicted molar refractivity (Wildman–Crippen MR) is 103 cm³/mol. The Morgan fingerprint density at radius 3 is 2.59 bits per heavy atom. The largest absolute Gasteiger partial charge is 0.348 e. The Kier molecular flexibility index (Phi) is 4.75. The molecule has 1 amide bonds. The molecular weight excluding hydrogens is 344 g/mol. The number of fused-ring (bicyclic) bond motifs is 1. The van der Waals surface area contributed by atoms with Gasteiger partial charge in [0.05, 0.1) is 30.8 Å². The Bertz CT molecular complexity index is 1040. The summed E-state index contributed by atoms with van der Waals surface area (Å²) >= 11 is 0. The molecule has 0 spiro atoms. The number of amides is 1. The second kappa shape index (κ2) is 7.34. The van der Waals surface area contributed by atoms with Crippen LogP contribution in [0.25, 0.3) is 10.9 Å². The van der Waals surface area contributed by atoms with E-state index < -0.39 is 6.29 Å². The molecule has 2 heterocycles. The molecule has 0 bridgehead atoms. The summed E-state index contributed by atoms with van der Waals surface area (Å²) < 4.78 is 12.6. The molecule has 4 rings (SSSR count). The third-order valence-corrected chi connectivity index (χ3v) is 4.57. The van der Waals surface area contributed by atoms with Gasteiger partial charge in [0.25, 0.3) is 11.5 Å². The fourth-order valence-corrected chi connectivity index (χ4v) is 3.25. The molecule has 1 aliphatic rings. The molecule has 0 atom stereocenters. The summed E-state index contributed by atoms with van der Waals surface area (Å²) in [5, 5.41) is 3.56. The normalized spacial score (nSPS) is 14.6. The van der Waals surface area contributed by atoms with E-state index in [-0.39, 0.29) is 11.5 Å². The van der Waals surface area contributed by atoms with E-state index in [1.807, 2.05) is 43.3 Å². The minimum atomic E-state index is -0.449. The molecule has 0 radical (unpaired) electrons. The van der Waals surface area contributed by atoms with Crippen LogP contribution in [0.1, 0.15) is 15.9 Å². The number of carbonyl (C=O) groups is 1. The molecule has 1 aliphatic heterocycles. The van der Waals surface area contributed by atoms with Gasteiger partial charge in [-0.2, -0.15) is 0 Å². The Labute approximate surface area is 156 Å². The summed E-state index contributed by atoms with van der Waals surface area (Å²) in [7, 11) is 0.